The summed E-state index contributed by atoms with van der Waals surface area (Å²) in [6, 6.07) is 5.83. The Bertz CT molecular complexity index is 505. The third kappa shape index (κ3) is 6.45. The molecule has 122 valence electrons. The minimum atomic E-state index is -0.895. The van der Waals surface area contributed by atoms with Crippen LogP contribution < -0.4 is 10.6 Å². The van der Waals surface area contributed by atoms with Crippen molar-refractivity contribution in [3.05, 3.63) is 29.8 Å². The van der Waals surface area contributed by atoms with Gasteiger partial charge < -0.3 is 25.7 Å². The van der Waals surface area contributed by atoms with E-state index in [2.05, 4.69) is 10.6 Å². The second kappa shape index (κ2) is 8.89. The van der Waals surface area contributed by atoms with Gasteiger partial charge in [-0.25, -0.2) is 4.79 Å². The number of rotatable bonds is 7. The number of aliphatic hydroxyl groups is 1. The topological polar surface area (TPSA) is 102 Å². The number of aromatic hydroxyl groups is 1. The third-order valence-corrected chi connectivity index (χ3v) is 3.06. The Morgan fingerprint density at radius 3 is 2.64 bits per heavy atom. The molecule has 1 aromatic rings. The van der Waals surface area contributed by atoms with Crippen molar-refractivity contribution in [3.8, 4) is 5.75 Å². The molecule has 1 atom stereocenters. The lowest BCUT2D eigenvalue weighted by molar-refractivity contribution is -0.128. The molecular weight excluding hydrogens is 286 g/mol. The Morgan fingerprint density at radius 1 is 1.27 bits per heavy atom. The smallest absolute Gasteiger partial charge is 0.314 e. The minimum Gasteiger partial charge on any atom is -0.508 e. The van der Waals surface area contributed by atoms with Crippen molar-refractivity contribution in [3.63, 3.8) is 0 Å². The molecular formula is C15H23N3O4. The number of aliphatic hydroxyl groups excluding tert-OH is 1. The molecule has 0 aliphatic heterocycles. The molecule has 1 aromatic carbocycles. The van der Waals surface area contributed by atoms with Crippen LogP contribution in [-0.2, 0) is 4.79 Å². The molecule has 0 spiro atoms. The maximum atomic E-state index is 11.5. The van der Waals surface area contributed by atoms with Crippen LogP contribution in [0.2, 0.25) is 0 Å². The number of carbonyl (C=O) groups is 2. The first-order chi connectivity index (χ1) is 10.4. The van der Waals surface area contributed by atoms with E-state index in [4.69, 9.17) is 0 Å². The van der Waals surface area contributed by atoms with Gasteiger partial charge >= 0.3 is 6.03 Å². The number of phenols is 1. The van der Waals surface area contributed by atoms with E-state index < -0.39 is 12.1 Å². The van der Waals surface area contributed by atoms with Gasteiger partial charge in [-0.05, 0) is 24.1 Å². The van der Waals surface area contributed by atoms with Crippen LogP contribution in [0.25, 0.3) is 0 Å². The molecule has 22 heavy (non-hydrogen) atoms. The molecule has 0 saturated carbocycles. The van der Waals surface area contributed by atoms with Crippen LogP contribution >= 0.6 is 0 Å². The van der Waals surface area contributed by atoms with E-state index in [1.54, 1.807) is 26.2 Å². The van der Waals surface area contributed by atoms with Crippen molar-refractivity contribution in [2.45, 2.75) is 18.9 Å². The average molecular weight is 309 g/mol. The SMILES string of the molecule is CN(C)C(=O)CCCNC(=O)NC[C@H](O)c1cccc(O)c1. The first-order valence-electron chi connectivity index (χ1n) is 7.09. The van der Waals surface area contributed by atoms with Gasteiger partial charge in [0.25, 0.3) is 0 Å². The first-order valence-corrected chi connectivity index (χ1v) is 7.09. The molecule has 0 unspecified atom stereocenters. The molecule has 7 heteroatoms. The van der Waals surface area contributed by atoms with Gasteiger partial charge in [-0.15, -0.1) is 0 Å². The average Bonchev–Trinajstić information content (AvgIpc) is 2.48. The van der Waals surface area contributed by atoms with E-state index >= 15 is 0 Å². The zero-order chi connectivity index (χ0) is 16.5. The van der Waals surface area contributed by atoms with Gasteiger partial charge in [0.1, 0.15) is 5.75 Å². The maximum Gasteiger partial charge on any atom is 0.314 e. The molecule has 0 heterocycles. The Balaban J connectivity index is 2.21. The molecule has 0 bridgehead atoms. The van der Waals surface area contributed by atoms with Crippen molar-refractivity contribution in [1.82, 2.24) is 15.5 Å². The molecule has 7 nitrogen and oxygen atoms in total. The van der Waals surface area contributed by atoms with E-state index in [-0.39, 0.29) is 18.2 Å². The maximum absolute atomic E-state index is 11.5. The highest BCUT2D eigenvalue weighted by molar-refractivity contribution is 5.76. The minimum absolute atomic E-state index is 0.0153. The fourth-order valence-electron chi connectivity index (χ4n) is 1.77. The van der Waals surface area contributed by atoms with Crippen LogP contribution in [0.3, 0.4) is 0 Å². The van der Waals surface area contributed by atoms with Crippen molar-refractivity contribution < 1.29 is 19.8 Å². The van der Waals surface area contributed by atoms with Crippen LogP contribution in [-0.4, -0.2) is 54.2 Å². The molecule has 0 fully saturated rings. The van der Waals surface area contributed by atoms with Crippen molar-refractivity contribution in [2.24, 2.45) is 0 Å². The monoisotopic (exact) mass is 309 g/mol. The number of nitrogens with zero attached hydrogens (tertiary/aromatic N) is 1. The third-order valence-electron chi connectivity index (χ3n) is 3.06. The number of hydrogen-bond donors (Lipinski definition) is 4. The van der Waals surface area contributed by atoms with Crippen LogP contribution in [0.4, 0.5) is 4.79 Å². The van der Waals surface area contributed by atoms with E-state index in [0.29, 0.717) is 24.9 Å². The van der Waals surface area contributed by atoms with Gasteiger partial charge in [-0.2, -0.15) is 0 Å². The molecule has 0 aliphatic carbocycles. The molecule has 1 rings (SSSR count). The van der Waals surface area contributed by atoms with Gasteiger partial charge in [0, 0.05) is 33.6 Å². The Morgan fingerprint density at radius 2 is 2.00 bits per heavy atom. The summed E-state index contributed by atoms with van der Waals surface area (Å²) in [5.74, 6) is 0.0769. The highest BCUT2D eigenvalue weighted by Gasteiger charge is 2.10. The Labute approximate surface area is 129 Å². The van der Waals surface area contributed by atoms with Gasteiger partial charge in [-0.3, -0.25) is 4.79 Å². The van der Waals surface area contributed by atoms with E-state index in [1.165, 1.54) is 17.0 Å². The number of phenolic OH excluding ortho intramolecular Hbond substituents is 1. The summed E-state index contributed by atoms with van der Waals surface area (Å²) in [4.78, 5) is 24.4. The zero-order valence-electron chi connectivity index (χ0n) is 12.9. The van der Waals surface area contributed by atoms with Crippen LogP contribution in [0, 0.1) is 0 Å². The quantitative estimate of drug-likeness (QED) is 0.554. The van der Waals surface area contributed by atoms with Crippen LogP contribution in [0.1, 0.15) is 24.5 Å². The number of hydrogen-bond acceptors (Lipinski definition) is 4. The largest absolute Gasteiger partial charge is 0.508 e. The summed E-state index contributed by atoms with van der Waals surface area (Å²) in [5.41, 5.74) is 0.525. The molecule has 0 saturated heterocycles. The fourth-order valence-corrected chi connectivity index (χ4v) is 1.77. The molecule has 3 amide bonds. The fraction of sp³-hybridized carbons (Fsp3) is 0.467. The lowest BCUT2D eigenvalue weighted by Crippen LogP contribution is -2.38. The summed E-state index contributed by atoms with van der Waals surface area (Å²) in [7, 11) is 3.37. The van der Waals surface area contributed by atoms with Crippen LogP contribution in [0.5, 0.6) is 5.75 Å². The van der Waals surface area contributed by atoms with E-state index in [0.717, 1.165) is 0 Å². The normalized spacial score (nSPS) is 11.6. The Kier molecular flexibility index (Phi) is 7.18. The predicted molar refractivity (Wildman–Crippen MR) is 82.4 cm³/mol. The summed E-state index contributed by atoms with van der Waals surface area (Å²) < 4.78 is 0. The summed E-state index contributed by atoms with van der Waals surface area (Å²) in [5, 5.41) is 24.4. The standard InChI is InChI=1S/C15H23N3O4/c1-18(2)14(21)7-4-8-16-15(22)17-10-13(20)11-5-3-6-12(19)9-11/h3,5-6,9,13,19-20H,4,7-8,10H2,1-2H3,(H2,16,17,22)/t13-/m0/s1. The molecule has 0 aromatic heterocycles. The molecule has 4 N–H and O–H groups in total. The predicted octanol–water partition coefficient (Wildman–Crippen LogP) is 0.593. The highest BCUT2D eigenvalue weighted by atomic mass is 16.3. The molecule has 0 aliphatic rings. The Hall–Kier alpha value is -2.28. The van der Waals surface area contributed by atoms with Gasteiger partial charge in [0.05, 0.1) is 6.10 Å². The van der Waals surface area contributed by atoms with Gasteiger partial charge in [0.15, 0.2) is 0 Å². The second-order valence-electron chi connectivity index (χ2n) is 5.14. The highest BCUT2D eigenvalue weighted by Crippen LogP contribution is 2.17. The number of carbonyl (C=O) groups excluding carboxylic acids is 2. The summed E-state index contributed by atoms with van der Waals surface area (Å²) >= 11 is 0. The summed E-state index contributed by atoms with van der Waals surface area (Å²) in [6.07, 6.45) is 0.0341. The second-order valence-corrected chi connectivity index (χ2v) is 5.14. The lowest BCUT2D eigenvalue weighted by Gasteiger charge is -2.13. The lowest BCUT2D eigenvalue weighted by atomic mass is 10.1. The van der Waals surface area contributed by atoms with Crippen LogP contribution in [0.15, 0.2) is 24.3 Å². The van der Waals surface area contributed by atoms with Gasteiger partial charge in [0.2, 0.25) is 5.91 Å². The number of amides is 3. The van der Waals surface area contributed by atoms with Crippen molar-refractivity contribution >= 4 is 11.9 Å². The number of nitrogens with one attached hydrogen (secondary N) is 2. The van der Waals surface area contributed by atoms with E-state index in [1.807, 2.05) is 0 Å². The zero-order valence-corrected chi connectivity index (χ0v) is 12.9. The number of benzene rings is 1. The van der Waals surface area contributed by atoms with Crippen molar-refractivity contribution in [2.75, 3.05) is 27.2 Å². The summed E-state index contributed by atoms with van der Waals surface area (Å²) in [6.45, 7) is 0.416. The first kappa shape index (κ1) is 17.8. The van der Waals surface area contributed by atoms with E-state index in [9.17, 15) is 19.8 Å². The molecule has 0 radical (unpaired) electrons. The van der Waals surface area contributed by atoms with Gasteiger partial charge in [-0.1, -0.05) is 12.1 Å². The number of urea groups is 1. The van der Waals surface area contributed by atoms with Crippen molar-refractivity contribution in [1.29, 1.82) is 0 Å².